The van der Waals surface area contributed by atoms with E-state index in [2.05, 4.69) is 20.2 Å². The summed E-state index contributed by atoms with van der Waals surface area (Å²) >= 11 is 0. The predicted octanol–water partition coefficient (Wildman–Crippen LogP) is 1.14. The molecule has 1 aromatic carbocycles. The monoisotopic (exact) mass is 285 g/mol. The largest absolute Gasteiger partial charge is 0.497 e. The first-order chi connectivity index (χ1) is 10.2. The third-order valence-electron chi connectivity index (χ3n) is 3.73. The lowest BCUT2D eigenvalue weighted by molar-refractivity contribution is 0.415. The highest BCUT2D eigenvalue weighted by Gasteiger charge is 2.26. The number of nitrogens with zero attached hydrogens (tertiary/aromatic N) is 3. The average molecular weight is 285 g/mol. The number of benzene rings is 1. The van der Waals surface area contributed by atoms with Crippen LogP contribution in [-0.2, 0) is 0 Å². The fourth-order valence-electron chi connectivity index (χ4n) is 2.37. The SMILES string of the molecule is CNC1CN(c2cc(-c3ccc(OC)cc3)nc(N)n2)C1. The zero-order chi connectivity index (χ0) is 14.8. The highest BCUT2D eigenvalue weighted by molar-refractivity contribution is 5.65. The molecule has 6 nitrogen and oxygen atoms in total. The van der Waals surface area contributed by atoms with Gasteiger partial charge in [0, 0.05) is 30.8 Å². The van der Waals surface area contributed by atoms with Crippen LogP contribution in [0.1, 0.15) is 0 Å². The Morgan fingerprint density at radius 2 is 1.95 bits per heavy atom. The molecule has 0 bridgehead atoms. The minimum atomic E-state index is 0.297. The van der Waals surface area contributed by atoms with E-state index in [0.717, 1.165) is 35.9 Å². The number of hydrogen-bond donors (Lipinski definition) is 2. The lowest BCUT2D eigenvalue weighted by atomic mass is 10.1. The van der Waals surface area contributed by atoms with E-state index in [4.69, 9.17) is 10.5 Å². The Bertz CT molecular complexity index is 622. The number of aromatic nitrogens is 2. The summed E-state index contributed by atoms with van der Waals surface area (Å²) in [5, 5.41) is 3.24. The van der Waals surface area contributed by atoms with Crippen LogP contribution < -0.4 is 20.7 Å². The third-order valence-corrected chi connectivity index (χ3v) is 3.73. The normalized spacial score (nSPS) is 14.9. The molecule has 2 aromatic rings. The second-order valence-corrected chi connectivity index (χ2v) is 5.09. The van der Waals surface area contributed by atoms with Crippen molar-refractivity contribution in [1.29, 1.82) is 0 Å². The van der Waals surface area contributed by atoms with Crippen molar-refractivity contribution in [3.8, 4) is 17.0 Å². The van der Waals surface area contributed by atoms with Crippen molar-refractivity contribution < 1.29 is 4.74 Å². The van der Waals surface area contributed by atoms with Crippen LogP contribution in [0.5, 0.6) is 5.75 Å². The van der Waals surface area contributed by atoms with Crippen LogP contribution in [0.25, 0.3) is 11.3 Å². The number of methoxy groups -OCH3 is 1. The van der Waals surface area contributed by atoms with Crippen LogP contribution in [0, 0.1) is 0 Å². The van der Waals surface area contributed by atoms with E-state index in [0.29, 0.717) is 12.0 Å². The number of likely N-dealkylation sites (N-methyl/N-ethyl adjacent to an activating group) is 1. The summed E-state index contributed by atoms with van der Waals surface area (Å²) in [6.07, 6.45) is 0. The Morgan fingerprint density at radius 3 is 2.57 bits per heavy atom. The molecule has 1 saturated heterocycles. The zero-order valence-electron chi connectivity index (χ0n) is 12.2. The number of ether oxygens (including phenoxy) is 1. The Kier molecular flexibility index (Phi) is 3.62. The van der Waals surface area contributed by atoms with Gasteiger partial charge >= 0.3 is 0 Å². The van der Waals surface area contributed by atoms with E-state index in [9.17, 15) is 0 Å². The molecule has 0 saturated carbocycles. The fourth-order valence-corrected chi connectivity index (χ4v) is 2.37. The van der Waals surface area contributed by atoms with Crippen molar-refractivity contribution in [1.82, 2.24) is 15.3 Å². The lowest BCUT2D eigenvalue weighted by Crippen LogP contribution is -2.57. The summed E-state index contributed by atoms with van der Waals surface area (Å²) in [6.45, 7) is 1.88. The van der Waals surface area contributed by atoms with Crippen molar-refractivity contribution in [2.75, 3.05) is 37.9 Å². The van der Waals surface area contributed by atoms with E-state index < -0.39 is 0 Å². The van der Waals surface area contributed by atoms with Crippen molar-refractivity contribution in [3.05, 3.63) is 30.3 Å². The van der Waals surface area contributed by atoms with Gasteiger partial charge in [0.1, 0.15) is 11.6 Å². The van der Waals surface area contributed by atoms with Crippen LogP contribution in [0.2, 0.25) is 0 Å². The molecule has 0 radical (unpaired) electrons. The molecule has 0 amide bonds. The number of hydrogen-bond acceptors (Lipinski definition) is 6. The topological polar surface area (TPSA) is 76.3 Å². The lowest BCUT2D eigenvalue weighted by Gasteiger charge is -2.40. The number of rotatable bonds is 4. The van der Waals surface area contributed by atoms with E-state index in [1.165, 1.54) is 0 Å². The van der Waals surface area contributed by atoms with Crippen molar-refractivity contribution in [3.63, 3.8) is 0 Å². The van der Waals surface area contributed by atoms with Crippen LogP contribution in [0.3, 0.4) is 0 Å². The standard InChI is InChI=1S/C15H19N5O/c1-17-11-8-20(9-11)14-7-13(18-15(16)19-14)10-3-5-12(21-2)6-4-10/h3-7,11,17H,8-9H2,1-2H3,(H2,16,18,19). The highest BCUT2D eigenvalue weighted by atomic mass is 16.5. The smallest absolute Gasteiger partial charge is 0.222 e. The van der Waals surface area contributed by atoms with E-state index in [1.807, 2.05) is 37.4 Å². The molecule has 1 aromatic heterocycles. The van der Waals surface area contributed by atoms with Gasteiger partial charge in [0.05, 0.1) is 12.8 Å². The van der Waals surface area contributed by atoms with Gasteiger partial charge in [-0.2, -0.15) is 4.98 Å². The van der Waals surface area contributed by atoms with E-state index in [-0.39, 0.29) is 0 Å². The number of nitrogens with one attached hydrogen (secondary N) is 1. The molecule has 2 heterocycles. The Labute approximate surface area is 124 Å². The number of nitrogen functional groups attached to an aromatic ring is 1. The van der Waals surface area contributed by atoms with Gasteiger partial charge in [-0.25, -0.2) is 4.98 Å². The Morgan fingerprint density at radius 1 is 1.24 bits per heavy atom. The van der Waals surface area contributed by atoms with Crippen LogP contribution >= 0.6 is 0 Å². The molecule has 0 aliphatic carbocycles. The van der Waals surface area contributed by atoms with Crippen molar-refractivity contribution >= 4 is 11.8 Å². The van der Waals surface area contributed by atoms with Crippen LogP contribution in [0.15, 0.2) is 30.3 Å². The number of nitrogens with two attached hydrogens (primary N) is 1. The van der Waals surface area contributed by atoms with Crippen LogP contribution in [0.4, 0.5) is 11.8 Å². The average Bonchev–Trinajstić information content (AvgIpc) is 2.46. The minimum Gasteiger partial charge on any atom is -0.497 e. The maximum Gasteiger partial charge on any atom is 0.222 e. The fraction of sp³-hybridized carbons (Fsp3) is 0.333. The molecular weight excluding hydrogens is 266 g/mol. The van der Waals surface area contributed by atoms with Gasteiger partial charge < -0.3 is 20.7 Å². The second-order valence-electron chi connectivity index (χ2n) is 5.09. The highest BCUT2D eigenvalue weighted by Crippen LogP contribution is 2.26. The minimum absolute atomic E-state index is 0.297. The zero-order valence-corrected chi connectivity index (χ0v) is 12.2. The molecule has 6 heteroatoms. The van der Waals surface area contributed by atoms with Gasteiger partial charge in [-0.1, -0.05) is 0 Å². The predicted molar refractivity (Wildman–Crippen MR) is 83.5 cm³/mol. The summed E-state index contributed by atoms with van der Waals surface area (Å²) in [5.41, 5.74) is 7.67. The molecule has 3 N–H and O–H groups in total. The van der Waals surface area contributed by atoms with Gasteiger partial charge in [-0.15, -0.1) is 0 Å². The number of anilines is 2. The summed E-state index contributed by atoms with van der Waals surface area (Å²) in [5.74, 6) is 1.99. The molecule has 0 unspecified atom stereocenters. The second kappa shape index (κ2) is 5.57. The molecule has 0 spiro atoms. The molecule has 0 atom stereocenters. The van der Waals surface area contributed by atoms with Crippen LogP contribution in [-0.4, -0.2) is 43.3 Å². The first-order valence-electron chi connectivity index (χ1n) is 6.91. The summed E-state index contributed by atoms with van der Waals surface area (Å²) in [6, 6.07) is 10.3. The summed E-state index contributed by atoms with van der Waals surface area (Å²) < 4.78 is 5.17. The van der Waals surface area contributed by atoms with Gasteiger partial charge in [0.25, 0.3) is 0 Å². The Balaban J connectivity index is 1.86. The maximum atomic E-state index is 5.85. The summed E-state index contributed by atoms with van der Waals surface area (Å²) in [4.78, 5) is 10.8. The Hall–Kier alpha value is -2.34. The maximum absolute atomic E-state index is 5.85. The molecule has 21 heavy (non-hydrogen) atoms. The first-order valence-corrected chi connectivity index (χ1v) is 6.91. The molecule has 3 rings (SSSR count). The van der Waals surface area contributed by atoms with E-state index >= 15 is 0 Å². The molecule has 110 valence electrons. The molecule has 1 aliphatic heterocycles. The van der Waals surface area contributed by atoms with Gasteiger partial charge in [0.15, 0.2) is 0 Å². The van der Waals surface area contributed by atoms with Gasteiger partial charge in [0.2, 0.25) is 5.95 Å². The third kappa shape index (κ3) is 2.75. The van der Waals surface area contributed by atoms with Crippen molar-refractivity contribution in [2.45, 2.75) is 6.04 Å². The molecule has 1 aliphatic rings. The van der Waals surface area contributed by atoms with E-state index in [1.54, 1.807) is 7.11 Å². The summed E-state index contributed by atoms with van der Waals surface area (Å²) in [7, 11) is 3.62. The van der Waals surface area contributed by atoms with Gasteiger partial charge in [-0.3, -0.25) is 0 Å². The molecule has 1 fully saturated rings. The van der Waals surface area contributed by atoms with Crippen molar-refractivity contribution in [2.24, 2.45) is 0 Å². The quantitative estimate of drug-likeness (QED) is 0.877. The molecular formula is C15H19N5O. The van der Waals surface area contributed by atoms with Gasteiger partial charge in [-0.05, 0) is 31.3 Å². The first kappa shape index (κ1) is 13.6.